The van der Waals surface area contributed by atoms with E-state index in [2.05, 4.69) is 63.3 Å². The highest BCUT2D eigenvalue weighted by atomic mass is 16.3. The lowest BCUT2D eigenvalue weighted by Crippen LogP contribution is -2.20. The molecule has 0 saturated heterocycles. The van der Waals surface area contributed by atoms with Gasteiger partial charge in [-0.05, 0) is 50.9 Å². The highest BCUT2D eigenvalue weighted by Gasteiger charge is 2.14. The fourth-order valence-electron chi connectivity index (χ4n) is 2.54. The average molecular weight is 271 g/mol. The molecule has 0 aliphatic carbocycles. The van der Waals surface area contributed by atoms with Gasteiger partial charge in [0.25, 0.3) is 0 Å². The van der Waals surface area contributed by atoms with Crippen molar-refractivity contribution in [1.82, 2.24) is 5.32 Å². The topological polar surface area (TPSA) is 25.2 Å². The Labute approximate surface area is 122 Å². The van der Waals surface area contributed by atoms with Crippen LogP contribution in [0.3, 0.4) is 0 Å². The SMILES string of the molecule is CCCNC(CC)c1ccc(-c2ccc(C)cc2C)o1. The van der Waals surface area contributed by atoms with Crippen LogP contribution in [0.4, 0.5) is 0 Å². The van der Waals surface area contributed by atoms with Crippen LogP contribution in [0.2, 0.25) is 0 Å². The quantitative estimate of drug-likeness (QED) is 0.798. The smallest absolute Gasteiger partial charge is 0.134 e. The van der Waals surface area contributed by atoms with E-state index in [9.17, 15) is 0 Å². The molecule has 0 bridgehead atoms. The molecule has 2 heteroatoms. The lowest BCUT2D eigenvalue weighted by molar-refractivity contribution is 0.411. The summed E-state index contributed by atoms with van der Waals surface area (Å²) < 4.78 is 6.08. The third-order valence-corrected chi connectivity index (χ3v) is 3.67. The molecular formula is C18H25NO. The maximum atomic E-state index is 6.08. The minimum Gasteiger partial charge on any atom is -0.459 e. The fourth-order valence-corrected chi connectivity index (χ4v) is 2.54. The largest absolute Gasteiger partial charge is 0.459 e. The summed E-state index contributed by atoms with van der Waals surface area (Å²) in [5, 5.41) is 3.53. The Hall–Kier alpha value is -1.54. The first-order valence-corrected chi connectivity index (χ1v) is 7.56. The monoisotopic (exact) mass is 271 g/mol. The van der Waals surface area contributed by atoms with E-state index in [4.69, 9.17) is 4.42 Å². The average Bonchev–Trinajstić information content (AvgIpc) is 2.89. The summed E-state index contributed by atoms with van der Waals surface area (Å²) in [4.78, 5) is 0. The summed E-state index contributed by atoms with van der Waals surface area (Å²) in [6.07, 6.45) is 2.18. The van der Waals surface area contributed by atoms with E-state index < -0.39 is 0 Å². The summed E-state index contributed by atoms with van der Waals surface area (Å²) in [7, 11) is 0. The zero-order valence-corrected chi connectivity index (χ0v) is 13.0. The van der Waals surface area contributed by atoms with E-state index in [1.807, 2.05) is 0 Å². The predicted octanol–water partition coefficient (Wildman–Crippen LogP) is 5.01. The third kappa shape index (κ3) is 3.31. The van der Waals surface area contributed by atoms with Crippen LogP contribution in [0, 0.1) is 13.8 Å². The summed E-state index contributed by atoms with van der Waals surface area (Å²) in [6.45, 7) is 9.65. The van der Waals surface area contributed by atoms with E-state index in [0.717, 1.165) is 30.9 Å². The molecule has 0 amide bonds. The molecule has 2 rings (SSSR count). The molecule has 0 aliphatic heterocycles. The second kappa shape index (κ2) is 6.76. The van der Waals surface area contributed by atoms with E-state index in [1.54, 1.807) is 0 Å². The van der Waals surface area contributed by atoms with E-state index in [0.29, 0.717) is 6.04 Å². The van der Waals surface area contributed by atoms with Crippen LogP contribution in [-0.2, 0) is 0 Å². The molecule has 0 fully saturated rings. The van der Waals surface area contributed by atoms with Gasteiger partial charge < -0.3 is 9.73 Å². The van der Waals surface area contributed by atoms with Gasteiger partial charge in [0.2, 0.25) is 0 Å². The number of hydrogen-bond acceptors (Lipinski definition) is 2. The maximum absolute atomic E-state index is 6.08. The number of hydrogen-bond donors (Lipinski definition) is 1. The van der Waals surface area contributed by atoms with Crippen molar-refractivity contribution in [1.29, 1.82) is 0 Å². The van der Waals surface area contributed by atoms with E-state index in [-0.39, 0.29) is 0 Å². The zero-order chi connectivity index (χ0) is 14.5. The predicted molar refractivity (Wildman–Crippen MR) is 84.9 cm³/mol. The molecule has 2 nitrogen and oxygen atoms in total. The van der Waals surface area contributed by atoms with Crippen LogP contribution >= 0.6 is 0 Å². The van der Waals surface area contributed by atoms with Crippen molar-refractivity contribution >= 4 is 0 Å². The second-order valence-electron chi connectivity index (χ2n) is 5.44. The number of benzene rings is 1. The minimum absolute atomic E-state index is 0.314. The van der Waals surface area contributed by atoms with Gasteiger partial charge in [-0.1, -0.05) is 37.6 Å². The Balaban J connectivity index is 2.23. The first-order valence-electron chi connectivity index (χ1n) is 7.56. The summed E-state index contributed by atoms with van der Waals surface area (Å²) in [6, 6.07) is 11.0. The van der Waals surface area contributed by atoms with Gasteiger partial charge in [-0.15, -0.1) is 0 Å². The Morgan fingerprint density at radius 2 is 1.90 bits per heavy atom. The molecule has 0 radical (unpaired) electrons. The molecule has 20 heavy (non-hydrogen) atoms. The van der Waals surface area contributed by atoms with Crippen molar-refractivity contribution < 1.29 is 4.42 Å². The number of nitrogens with one attached hydrogen (secondary N) is 1. The Morgan fingerprint density at radius 1 is 1.10 bits per heavy atom. The van der Waals surface area contributed by atoms with Crippen molar-refractivity contribution in [2.45, 2.75) is 46.6 Å². The van der Waals surface area contributed by atoms with Crippen molar-refractivity contribution in [2.24, 2.45) is 0 Å². The molecule has 0 spiro atoms. The summed E-state index contributed by atoms with van der Waals surface area (Å²) in [5.74, 6) is 2.00. The molecule has 1 unspecified atom stereocenters. The second-order valence-corrected chi connectivity index (χ2v) is 5.44. The molecule has 1 aromatic carbocycles. The molecule has 1 aromatic heterocycles. The third-order valence-electron chi connectivity index (χ3n) is 3.67. The Kier molecular flexibility index (Phi) is 5.02. The molecule has 1 atom stereocenters. The Bertz CT molecular complexity index is 556. The highest BCUT2D eigenvalue weighted by molar-refractivity contribution is 5.62. The van der Waals surface area contributed by atoms with Gasteiger partial charge in [0, 0.05) is 5.56 Å². The fraction of sp³-hybridized carbons (Fsp3) is 0.444. The standard InChI is InChI=1S/C18H25NO/c1-5-11-19-16(6-2)18-10-9-17(20-18)15-8-7-13(3)12-14(15)4/h7-10,12,16,19H,5-6,11H2,1-4H3. The zero-order valence-electron chi connectivity index (χ0n) is 13.0. The van der Waals surface area contributed by atoms with Crippen LogP contribution in [0.5, 0.6) is 0 Å². The molecule has 1 N–H and O–H groups in total. The number of rotatable bonds is 6. The van der Waals surface area contributed by atoms with Gasteiger partial charge in [0.15, 0.2) is 0 Å². The molecule has 0 saturated carbocycles. The first kappa shape index (κ1) is 14.9. The molecule has 0 aliphatic rings. The lowest BCUT2D eigenvalue weighted by Gasteiger charge is -2.13. The lowest BCUT2D eigenvalue weighted by atomic mass is 10.0. The van der Waals surface area contributed by atoms with Crippen LogP contribution in [0.25, 0.3) is 11.3 Å². The molecular weight excluding hydrogens is 246 g/mol. The van der Waals surface area contributed by atoms with Gasteiger partial charge in [-0.25, -0.2) is 0 Å². The van der Waals surface area contributed by atoms with Crippen LogP contribution < -0.4 is 5.32 Å². The summed E-state index contributed by atoms with van der Waals surface area (Å²) in [5.41, 5.74) is 3.74. The molecule has 2 aromatic rings. The van der Waals surface area contributed by atoms with Crippen LogP contribution in [0.1, 0.15) is 49.6 Å². The minimum atomic E-state index is 0.314. The van der Waals surface area contributed by atoms with Gasteiger partial charge in [0.05, 0.1) is 6.04 Å². The molecule has 1 heterocycles. The van der Waals surface area contributed by atoms with E-state index >= 15 is 0 Å². The van der Waals surface area contributed by atoms with Crippen molar-refractivity contribution in [3.8, 4) is 11.3 Å². The normalized spacial score (nSPS) is 12.6. The van der Waals surface area contributed by atoms with Crippen molar-refractivity contribution in [3.63, 3.8) is 0 Å². The number of furan rings is 1. The van der Waals surface area contributed by atoms with Gasteiger partial charge in [0.1, 0.15) is 11.5 Å². The van der Waals surface area contributed by atoms with Gasteiger partial charge in [-0.2, -0.15) is 0 Å². The number of aryl methyl sites for hydroxylation is 2. The molecule has 108 valence electrons. The Morgan fingerprint density at radius 3 is 2.55 bits per heavy atom. The maximum Gasteiger partial charge on any atom is 0.134 e. The summed E-state index contributed by atoms with van der Waals surface area (Å²) >= 11 is 0. The van der Waals surface area contributed by atoms with Crippen LogP contribution in [-0.4, -0.2) is 6.54 Å². The van der Waals surface area contributed by atoms with Gasteiger partial charge in [-0.3, -0.25) is 0 Å². The van der Waals surface area contributed by atoms with Crippen LogP contribution in [0.15, 0.2) is 34.7 Å². The highest BCUT2D eigenvalue weighted by Crippen LogP contribution is 2.29. The van der Waals surface area contributed by atoms with Crippen molar-refractivity contribution in [2.75, 3.05) is 6.54 Å². The van der Waals surface area contributed by atoms with Gasteiger partial charge >= 0.3 is 0 Å². The van der Waals surface area contributed by atoms with E-state index in [1.165, 1.54) is 16.7 Å². The van der Waals surface area contributed by atoms with Crippen molar-refractivity contribution in [3.05, 3.63) is 47.2 Å². The first-order chi connectivity index (χ1) is 9.65.